The molecule has 1 aromatic carbocycles. The Labute approximate surface area is 113 Å². The van der Waals surface area contributed by atoms with Crippen LogP contribution in [0, 0.1) is 13.8 Å². The van der Waals surface area contributed by atoms with Crippen molar-refractivity contribution >= 4 is 17.5 Å². The number of likely N-dealkylation sites (N-methyl/N-ethyl adjacent to an activating group) is 1. The van der Waals surface area contributed by atoms with Gasteiger partial charge < -0.3 is 11.1 Å². The molecular weight excluding hydrogens is 242 g/mol. The zero-order valence-corrected chi connectivity index (χ0v) is 11.9. The third kappa shape index (κ3) is 4.06. The lowest BCUT2D eigenvalue weighted by Gasteiger charge is -2.21. The van der Waals surface area contributed by atoms with Gasteiger partial charge in [0.25, 0.3) is 0 Å². The van der Waals surface area contributed by atoms with Crippen molar-refractivity contribution in [2.24, 2.45) is 5.73 Å². The van der Waals surface area contributed by atoms with E-state index in [0.29, 0.717) is 0 Å². The number of carbonyl (C=O) groups excluding carboxylic acids is 2. The highest BCUT2D eigenvalue weighted by atomic mass is 16.2. The van der Waals surface area contributed by atoms with Gasteiger partial charge in [0, 0.05) is 5.69 Å². The lowest BCUT2D eigenvalue weighted by Crippen LogP contribution is -2.43. The van der Waals surface area contributed by atoms with E-state index < -0.39 is 11.9 Å². The largest absolute Gasteiger partial charge is 0.368 e. The molecule has 5 nitrogen and oxygen atoms in total. The quantitative estimate of drug-likeness (QED) is 0.833. The van der Waals surface area contributed by atoms with Gasteiger partial charge in [-0.3, -0.25) is 14.5 Å². The maximum Gasteiger partial charge on any atom is 0.238 e. The van der Waals surface area contributed by atoms with E-state index in [1.807, 2.05) is 32.0 Å². The van der Waals surface area contributed by atoms with Crippen LogP contribution >= 0.6 is 0 Å². The Balaban J connectivity index is 2.66. The molecule has 0 aliphatic rings. The highest BCUT2D eigenvalue weighted by molar-refractivity contribution is 5.93. The molecule has 104 valence electrons. The third-order valence-electron chi connectivity index (χ3n) is 3.34. The molecule has 0 bridgehead atoms. The van der Waals surface area contributed by atoms with E-state index in [-0.39, 0.29) is 12.5 Å². The van der Waals surface area contributed by atoms with Crippen molar-refractivity contribution in [2.45, 2.75) is 26.8 Å². The van der Waals surface area contributed by atoms with Crippen molar-refractivity contribution < 1.29 is 9.59 Å². The summed E-state index contributed by atoms with van der Waals surface area (Å²) in [6.45, 7) is 5.75. The number of primary amides is 1. The molecule has 0 spiro atoms. The number of benzene rings is 1. The second-order valence-electron chi connectivity index (χ2n) is 4.79. The fourth-order valence-electron chi connectivity index (χ4n) is 1.66. The monoisotopic (exact) mass is 263 g/mol. The van der Waals surface area contributed by atoms with E-state index in [4.69, 9.17) is 5.73 Å². The molecule has 0 aliphatic heterocycles. The highest BCUT2D eigenvalue weighted by Gasteiger charge is 2.17. The van der Waals surface area contributed by atoms with Crippen LogP contribution in [-0.4, -0.2) is 36.3 Å². The van der Waals surface area contributed by atoms with Crippen molar-refractivity contribution in [1.29, 1.82) is 0 Å². The van der Waals surface area contributed by atoms with Crippen molar-refractivity contribution in [3.63, 3.8) is 0 Å². The first-order valence-electron chi connectivity index (χ1n) is 6.18. The minimum atomic E-state index is -0.468. The number of carbonyl (C=O) groups is 2. The SMILES string of the molecule is Cc1cccc(NC(=O)CN(C)[C@H](C)C(N)=O)c1C. The van der Waals surface area contributed by atoms with Crippen molar-refractivity contribution in [2.75, 3.05) is 18.9 Å². The zero-order valence-electron chi connectivity index (χ0n) is 11.9. The molecule has 1 rings (SSSR count). The van der Waals surface area contributed by atoms with E-state index in [9.17, 15) is 9.59 Å². The third-order valence-corrected chi connectivity index (χ3v) is 3.34. The molecule has 0 fully saturated rings. The van der Waals surface area contributed by atoms with Gasteiger partial charge in [-0.25, -0.2) is 0 Å². The van der Waals surface area contributed by atoms with Crippen molar-refractivity contribution in [3.05, 3.63) is 29.3 Å². The number of hydrogen-bond donors (Lipinski definition) is 2. The Bertz CT molecular complexity index is 486. The lowest BCUT2D eigenvalue weighted by molar-refractivity contribution is -0.123. The van der Waals surface area contributed by atoms with Gasteiger partial charge in [0.1, 0.15) is 0 Å². The fourth-order valence-corrected chi connectivity index (χ4v) is 1.66. The van der Waals surface area contributed by atoms with Gasteiger partial charge >= 0.3 is 0 Å². The molecule has 0 saturated heterocycles. The molecule has 3 N–H and O–H groups in total. The number of nitrogens with two attached hydrogens (primary N) is 1. The summed E-state index contributed by atoms with van der Waals surface area (Å²) in [4.78, 5) is 24.6. The summed E-state index contributed by atoms with van der Waals surface area (Å²) in [5.41, 5.74) is 8.16. The van der Waals surface area contributed by atoms with Crippen LogP contribution in [0.25, 0.3) is 0 Å². The Kier molecular flexibility index (Phi) is 5.06. The lowest BCUT2D eigenvalue weighted by atomic mass is 10.1. The summed E-state index contributed by atoms with van der Waals surface area (Å²) in [7, 11) is 1.69. The molecule has 19 heavy (non-hydrogen) atoms. The maximum absolute atomic E-state index is 11.9. The molecule has 1 aromatic rings. The smallest absolute Gasteiger partial charge is 0.238 e. The molecule has 5 heteroatoms. The van der Waals surface area contributed by atoms with E-state index in [0.717, 1.165) is 16.8 Å². The summed E-state index contributed by atoms with van der Waals surface area (Å²) in [6.07, 6.45) is 0. The first kappa shape index (κ1) is 15.2. The van der Waals surface area contributed by atoms with Crippen LogP contribution in [0.15, 0.2) is 18.2 Å². The zero-order chi connectivity index (χ0) is 14.6. The number of amides is 2. The Hall–Kier alpha value is -1.88. The first-order chi connectivity index (χ1) is 8.82. The molecule has 1 atom stereocenters. The van der Waals surface area contributed by atoms with Gasteiger partial charge in [0.15, 0.2) is 0 Å². The van der Waals surface area contributed by atoms with Gasteiger partial charge in [0.2, 0.25) is 11.8 Å². The van der Waals surface area contributed by atoms with Crippen LogP contribution in [0.1, 0.15) is 18.1 Å². The number of hydrogen-bond acceptors (Lipinski definition) is 3. The summed E-state index contributed by atoms with van der Waals surface area (Å²) in [6, 6.07) is 5.28. The van der Waals surface area contributed by atoms with Gasteiger partial charge in [-0.15, -0.1) is 0 Å². The molecule has 2 amide bonds. The minimum absolute atomic E-state index is 0.123. The van der Waals surface area contributed by atoms with Gasteiger partial charge in [-0.05, 0) is 45.0 Å². The summed E-state index contributed by atoms with van der Waals surface area (Å²) >= 11 is 0. The molecule has 0 radical (unpaired) electrons. The standard InChI is InChI=1S/C14H21N3O2/c1-9-6-5-7-12(10(9)2)16-13(18)8-17(4)11(3)14(15)19/h5-7,11H,8H2,1-4H3,(H2,15,19)(H,16,18)/t11-/m1/s1. The van der Waals surface area contributed by atoms with E-state index in [1.165, 1.54) is 0 Å². The maximum atomic E-state index is 11.9. The normalized spacial score (nSPS) is 12.3. The number of rotatable bonds is 5. The predicted octanol–water partition coefficient (Wildman–Crippen LogP) is 1.05. The summed E-state index contributed by atoms with van der Waals surface area (Å²) in [5.74, 6) is -0.605. The first-order valence-corrected chi connectivity index (χ1v) is 6.18. The van der Waals surface area contributed by atoms with Gasteiger partial charge in [-0.1, -0.05) is 12.1 Å². The summed E-state index contributed by atoms with van der Waals surface area (Å²) < 4.78 is 0. The van der Waals surface area contributed by atoms with Crippen LogP contribution in [0.4, 0.5) is 5.69 Å². The molecule has 0 aliphatic carbocycles. The average molecular weight is 263 g/mol. The van der Waals surface area contributed by atoms with Crippen LogP contribution < -0.4 is 11.1 Å². The highest BCUT2D eigenvalue weighted by Crippen LogP contribution is 2.17. The summed E-state index contributed by atoms with van der Waals surface area (Å²) in [5, 5.41) is 2.84. The predicted molar refractivity (Wildman–Crippen MR) is 75.8 cm³/mol. The van der Waals surface area contributed by atoms with Crippen LogP contribution in [0.5, 0.6) is 0 Å². The molecule has 0 unspecified atom stereocenters. The second kappa shape index (κ2) is 6.33. The Morgan fingerprint density at radius 1 is 1.37 bits per heavy atom. The topological polar surface area (TPSA) is 75.4 Å². The number of nitrogens with one attached hydrogen (secondary N) is 1. The van der Waals surface area contributed by atoms with Gasteiger partial charge in [0.05, 0.1) is 12.6 Å². The minimum Gasteiger partial charge on any atom is -0.368 e. The van der Waals surface area contributed by atoms with E-state index in [1.54, 1.807) is 18.9 Å². The Morgan fingerprint density at radius 2 is 2.00 bits per heavy atom. The van der Waals surface area contributed by atoms with Crippen molar-refractivity contribution in [1.82, 2.24) is 4.90 Å². The Morgan fingerprint density at radius 3 is 2.58 bits per heavy atom. The molecule has 0 saturated carbocycles. The number of nitrogens with zero attached hydrogens (tertiary/aromatic N) is 1. The van der Waals surface area contributed by atoms with E-state index >= 15 is 0 Å². The van der Waals surface area contributed by atoms with Gasteiger partial charge in [-0.2, -0.15) is 0 Å². The van der Waals surface area contributed by atoms with Crippen LogP contribution in [-0.2, 0) is 9.59 Å². The second-order valence-corrected chi connectivity index (χ2v) is 4.79. The fraction of sp³-hybridized carbons (Fsp3) is 0.429. The molecule has 0 aromatic heterocycles. The number of aryl methyl sites for hydroxylation is 1. The van der Waals surface area contributed by atoms with Crippen LogP contribution in [0.3, 0.4) is 0 Å². The van der Waals surface area contributed by atoms with E-state index in [2.05, 4.69) is 5.32 Å². The average Bonchev–Trinajstić information content (AvgIpc) is 2.33. The molecular formula is C14H21N3O2. The molecule has 0 heterocycles. The van der Waals surface area contributed by atoms with Crippen molar-refractivity contribution in [3.8, 4) is 0 Å². The number of anilines is 1. The van der Waals surface area contributed by atoms with Crippen LogP contribution in [0.2, 0.25) is 0 Å².